The van der Waals surface area contributed by atoms with Crippen LogP contribution in [-0.2, 0) is 28.5 Å². The first-order valence-corrected chi connectivity index (χ1v) is 11.1. The van der Waals surface area contributed by atoms with Crippen molar-refractivity contribution in [1.82, 2.24) is 9.80 Å². The highest BCUT2D eigenvalue weighted by atomic mass is 19.4. The monoisotopic (exact) mass is 502 g/mol. The Morgan fingerprint density at radius 1 is 1.03 bits per heavy atom. The topological polar surface area (TPSA) is 32.8 Å². The van der Waals surface area contributed by atoms with Gasteiger partial charge in [-0.1, -0.05) is 24.3 Å². The molecule has 0 N–H and O–H groups in total. The summed E-state index contributed by atoms with van der Waals surface area (Å²) in [6.45, 7) is 2.60. The highest BCUT2D eigenvalue weighted by molar-refractivity contribution is 5.77. The van der Waals surface area contributed by atoms with Crippen molar-refractivity contribution in [3.63, 3.8) is 0 Å². The SMILES string of the molecule is Cc1ccccc1[C@@H]1CCN(CC(=O)N(C)C)C[C@@H]1OCc1cc(C(F)(F)F)cc(C(F)(F)F)c1. The number of nitrogens with zero attached hydrogens (tertiary/aromatic N) is 2. The third-order valence-electron chi connectivity index (χ3n) is 6.20. The van der Waals surface area contributed by atoms with Crippen LogP contribution in [0.1, 0.15) is 40.2 Å². The van der Waals surface area contributed by atoms with E-state index in [0.29, 0.717) is 31.6 Å². The fraction of sp³-hybridized carbons (Fsp3) is 0.480. The Balaban J connectivity index is 1.87. The molecule has 1 saturated heterocycles. The van der Waals surface area contributed by atoms with Gasteiger partial charge in [0.25, 0.3) is 0 Å². The molecule has 2 atom stereocenters. The van der Waals surface area contributed by atoms with E-state index in [0.717, 1.165) is 11.1 Å². The average Bonchev–Trinajstić information content (AvgIpc) is 2.77. The first-order chi connectivity index (χ1) is 16.3. The van der Waals surface area contributed by atoms with Gasteiger partial charge in [0.2, 0.25) is 5.91 Å². The number of likely N-dealkylation sites (tertiary alicyclic amines) is 1. The van der Waals surface area contributed by atoms with E-state index in [1.807, 2.05) is 36.1 Å². The standard InChI is InChI=1S/C25H28F6N2O2/c1-16-6-4-5-7-20(16)21-8-9-33(14-23(34)32(2)3)13-22(21)35-15-17-10-18(24(26,27)28)12-19(11-17)25(29,30)31/h4-7,10-12,21-22H,8-9,13-15H2,1-3H3/t21-,22-/m0/s1. The number of hydrogen-bond acceptors (Lipinski definition) is 3. The molecule has 2 aromatic rings. The van der Waals surface area contributed by atoms with E-state index in [1.165, 1.54) is 4.90 Å². The van der Waals surface area contributed by atoms with Crippen LogP contribution in [0, 0.1) is 6.92 Å². The molecular formula is C25H28F6N2O2. The Hall–Kier alpha value is -2.59. The van der Waals surface area contributed by atoms with Crippen LogP contribution in [0.15, 0.2) is 42.5 Å². The minimum absolute atomic E-state index is 0.106. The fourth-order valence-corrected chi connectivity index (χ4v) is 4.29. The van der Waals surface area contributed by atoms with Crippen LogP contribution in [0.25, 0.3) is 0 Å². The predicted molar refractivity (Wildman–Crippen MR) is 119 cm³/mol. The lowest BCUT2D eigenvalue weighted by Crippen LogP contribution is -2.47. The predicted octanol–water partition coefficient (Wildman–Crippen LogP) is 5.50. The van der Waals surface area contributed by atoms with E-state index in [4.69, 9.17) is 4.74 Å². The summed E-state index contributed by atoms with van der Waals surface area (Å²) in [5, 5.41) is 0. The van der Waals surface area contributed by atoms with E-state index < -0.39 is 36.2 Å². The maximum atomic E-state index is 13.2. The van der Waals surface area contributed by atoms with Crippen LogP contribution in [-0.4, -0.2) is 55.5 Å². The summed E-state index contributed by atoms with van der Waals surface area (Å²) >= 11 is 0. The quantitative estimate of drug-likeness (QED) is 0.490. The number of carbonyl (C=O) groups is 1. The molecule has 0 aliphatic carbocycles. The lowest BCUT2D eigenvalue weighted by atomic mass is 9.84. The van der Waals surface area contributed by atoms with Gasteiger partial charge in [-0.15, -0.1) is 0 Å². The summed E-state index contributed by atoms with van der Waals surface area (Å²) in [7, 11) is 3.28. The van der Waals surface area contributed by atoms with Crippen LogP contribution < -0.4 is 0 Å². The van der Waals surface area contributed by atoms with Gasteiger partial charge in [-0.25, -0.2) is 0 Å². The number of carbonyl (C=O) groups excluding carboxylic acids is 1. The number of rotatable bonds is 6. The van der Waals surface area contributed by atoms with E-state index in [9.17, 15) is 31.1 Å². The maximum Gasteiger partial charge on any atom is 0.416 e. The Kier molecular flexibility index (Phi) is 8.16. The van der Waals surface area contributed by atoms with E-state index in [1.54, 1.807) is 14.1 Å². The second-order valence-electron chi connectivity index (χ2n) is 9.04. The van der Waals surface area contributed by atoms with Crippen molar-refractivity contribution < 1.29 is 35.9 Å². The molecule has 1 heterocycles. The summed E-state index contributed by atoms with van der Waals surface area (Å²) < 4.78 is 85.5. The first-order valence-electron chi connectivity index (χ1n) is 11.1. The first kappa shape index (κ1) is 27.0. The lowest BCUT2D eigenvalue weighted by Gasteiger charge is -2.39. The van der Waals surface area contributed by atoms with E-state index in [2.05, 4.69) is 0 Å². The Morgan fingerprint density at radius 3 is 2.17 bits per heavy atom. The van der Waals surface area contributed by atoms with Crippen molar-refractivity contribution >= 4 is 5.91 Å². The normalized spacial score (nSPS) is 19.6. The molecule has 0 saturated carbocycles. The number of benzene rings is 2. The largest absolute Gasteiger partial charge is 0.416 e. The third-order valence-corrected chi connectivity index (χ3v) is 6.20. The molecule has 0 spiro atoms. The highest BCUT2D eigenvalue weighted by Crippen LogP contribution is 2.37. The molecule has 1 aliphatic rings. The van der Waals surface area contributed by atoms with Gasteiger partial charge in [-0.2, -0.15) is 26.3 Å². The second kappa shape index (κ2) is 10.6. The lowest BCUT2D eigenvalue weighted by molar-refractivity contribution is -0.143. The van der Waals surface area contributed by atoms with E-state index in [-0.39, 0.29) is 30.0 Å². The van der Waals surface area contributed by atoms with Gasteiger partial charge >= 0.3 is 12.4 Å². The number of ether oxygens (including phenoxy) is 1. The molecule has 0 unspecified atom stereocenters. The van der Waals surface area contributed by atoms with Gasteiger partial charge in [0.15, 0.2) is 0 Å². The van der Waals surface area contributed by atoms with Gasteiger partial charge in [0.1, 0.15) is 0 Å². The summed E-state index contributed by atoms with van der Waals surface area (Å²) in [4.78, 5) is 15.6. The molecule has 0 bridgehead atoms. The molecule has 192 valence electrons. The van der Waals surface area contributed by atoms with Crippen molar-refractivity contribution in [2.24, 2.45) is 0 Å². The zero-order chi connectivity index (χ0) is 26.0. The fourth-order valence-electron chi connectivity index (χ4n) is 4.29. The minimum atomic E-state index is -4.92. The van der Waals surface area contributed by atoms with Gasteiger partial charge < -0.3 is 9.64 Å². The number of likely N-dealkylation sites (N-methyl/N-ethyl adjacent to an activating group) is 1. The molecule has 1 amide bonds. The Bertz CT molecular complexity index is 1000. The summed E-state index contributed by atoms with van der Waals surface area (Å²) in [5.41, 5.74) is -0.929. The summed E-state index contributed by atoms with van der Waals surface area (Å²) in [6, 6.07) is 9.14. The highest BCUT2D eigenvalue weighted by Gasteiger charge is 2.37. The van der Waals surface area contributed by atoms with Gasteiger partial charge in [0.05, 0.1) is 30.4 Å². The van der Waals surface area contributed by atoms with E-state index >= 15 is 0 Å². The molecule has 2 aromatic carbocycles. The maximum absolute atomic E-state index is 13.2. The van der Waals surface area contributed by atoms with Crippen LogP contribution in [0.4, 0.5) is 26.3 Å². The zero-order valence-corrected chi connectivity index (χ0v) is 19.7. The van der Waals surface area contributed by atoms with Crippen LogP contribution >= 0.6 is 0 Å². The van der Waals surface area contributed by atoms with Crippen LogP contribution in [0.5, 0.6) is 0 Å². The summed E-state index contributed by atoms with van der Waals surface area (Å²) in [5.74, 6) is -0.222. The summed E-state index contributed by atoms with van der Waals surface area (Å²) in [6.07, 6.45) is -9.74. The molecule has 1 aliphatic heterocycles. The number of hydrogen-bond donors (Lipinski definition) is 0. The van der Waals surface area contributed by atoms with Crippen molar-refractivity contribution in [2.45, 2.75) is 44.3 Å². The number of amides is 1. The number of piperidine rings is 1. The number of halogens is 6. The minimum Gasteiger partial charge on any atom is -0.372 e. The molecule has 0 radical (unpaired) electrons. The Labute approximate surface area is 200 Å². The van der Waals surface area contributed by atoms with Crippen molar-refractivity contribution in [2.75, 3.05) is 33.7 Å². The average molecular weight is 502 g/mol. The molecule has 4 nitrogen and oxygen atoms in total. The van der Waals surface area contributed by atoms with Gasteiger partial charge in [-0.05, 0) is 54.8 Å². The number of alkyl halides is 6. The molecule has 10 heteroatoms. The van der Waals surface area contributed by atoms with Gasteiger partial charge in [-0.3, -0.25) is 9.69 Å². The van der Waals surface area contributed by atoms with Gasteiger partial charge in [0, 0.05) is 26.6 Å². The molecule has 0 aromatic heterocycles. The molecular weight excluding hydrogens is 474 g/mol. The molecule has 35 heavy (non-hydrogen) atoms. The van der Waals surface area contributed by atoms with Crippen molar-refractivity contribution in [1.29, 1.82) is 0 Å². The number of aryl methyl sites for hydroxylation is 1. The van der Waals surface area contributed by atoms with Crippen LogP contribution in [0.2, 0.25) is 0 Å². The van der Waals surface area contributed by atoms with Crippen molar-refractivity contribution in [3.05, 3.63) is 70.3 Å². The molecule has 3 rings (SSSR count). The van der Waals surface area contributed by atoms with Crippen molar-refractivity contribution in [3.8, 4) is 0 Å². The third kappa shape index (κ3) is 6.98. The zero-order valence-electron chi connectivity index (χ0n) is 19.7. The smallest absolute Gasteiger partial charge is 0.372 e. The second-order valence-corrected chi connectivity index (χ2v) is 9.04. The van der Waals surface area contributed by atoms with Crippen LogP contribution in [0.3, 0.4) is 0 Å². The Morgan fingerprint density at radius 2 is 1.63 bits per heavy atom. The molecule has 1 fully saturated rings.